The Kier molecular flexibility index (Phi) is 8.28. The number of carbonyl (C=O) groups excluding carboxylic acids is 1. The summed E-state index contributed by atoms with van der Waals surface area (Å²) in [5.41, 5.74) is 0.230. The lowest BCUT2D eigenvalue weighted by Crippen LogP contribution is -2.25. The Balaban J connectivity index is 1.94. The molecule has 0 aliphatic carbocycles. The minimum atomic E-state index is -3.44. The van der Waals surface area contributed by atoms with E-state index in [-0.39, 0.29) is 0 Å². The van der Waals surface area contributed by atoms with Crippen LogP contribution in [0.25, 0.3) is 16.2 Å². The van der Waals surface area contributed by atoms with E-state index in [1.54, 1.807) is 41.8 Å². The van der Waals surface area contributed by atoms with Crippen molar-refractivity contribution in [1.29, 1.82) is 0 Å². The maximum absolute atomic E-state index is 13.3. The second-order valence-corrected chi connectivity index (χ2v) is 12.3. The minimum absolute atomic E-state index is 0.475. The van der Waals surface area contributed by atoms with Gasteiger partial charge in [0.2, 0.25) is 13.3 Å². The number of thiophene rings is 1. The van der Waals surface area contributed by atoms with E-state index >= 15 is 0 Å². The summed E-state index contributed by atoms with van der Waals surface area (Å²) in [6.07, 6.45) is 3.09. The van der Waals surface area contributed by atoms with Gasteiger partial charge in [-0.3, -0.25) is 13.7 Å². The third-order valence-electron chi connectivity index (χ3n) is 4.18. The fourth-order valence-electron chi connectivity index (χ4n) is 2.93. The summed E-state index contributed by atoms with van der Waals surface area (Å²) in [5, 5.41) is 6.69. The molecule has 4 nitrogen and oxygen atoms in total. The van der Waals surface area contributed by atoms with Crippen molar-refractivity contribution in [3.05, 3.63) is 74.2 Å². The monoisotopic (exact) mass is 539 g/mol. The molecule has 0 fully saturated rings. The number of nitrogens with one attached hydrogen (secondary N) is 1. The van der Waals surface area contributed by atoms with Crippen LogP contribution in [0.3, 0.4) is 0 Å². The Bertz CT molecular complexity index is 1150. The van der Waals surface area contributed by atoms with Crippen molar-refractivity contribution < 1.29 is 13.7 Å². The van der Waals surface area contributed by atoms with Crippen LogP contribution >= 0.6 is 72.9 Å². The molecule has 158 valence electrons. The number of fused-ring (bicyclic) bond motifs is 1. The average Bonchev–Trinajstić information content (AvgIpc) is 3.03. The van der Waals surface area contributed by atoms with E-state index < -0.39 is 27.1 Å². The van der Waals surface area contributed by atoms with E-state index in [4.69, 9.17) is 50.4 Å². The molecule has 1 N–H and O–H groups in total. The van der Waals surface area contributed by atoms with E-state index in [0.29, 0.717) is 26.2 Å². The van der Waals surface area contributed by atoms with Gasteiger partial charge in [-0.15, -0.1) is 11.3 Å². The molecule has 0 saturated heterocycles. The topological polar surface area (TPSA) is 55.4 Å². The molecule has 0 saturated carbocycles. The number of amides is 1. The second-order valence-electron chi connectivity index (χ2n) is 6.36. The molecule has 0 radical (unpaired) electrons. The Labute approximate surface area is 199 Å². The number of hydrogen-bond donors (Lipinski definition) is 1. The van der Waals surface area contributed by atoms with Crippen LogP contribution < -0.4 is 5.32 Å². The van der Waals surface area contributed by atoms with Crippen LogP contribution in [0, 0.1) is 0 Å². The number of benzene rings is 2. The molecule has 1 heterocycles. The van der Waals surface area contributed by atoms with Gasteiger partial charge in [-0.05, 0) is 64.4 Å². The first-order valence-corrected chi connectivity index (χ1v) is 14.5. The average molecular weight is 541 g/mol. The third kappa shape index (κ3) is 5.79. The predicted octanol–water partition coefficient (Wildman–Crippen LogP) is 8.36. The summed E-state index contributed by atoms with van der Waals surface area (Å²) < 4.78 is 19.5. The highest BCUT2D eigenvalue weighted by molar-refractivity contribution is 7.74. The van der Waals surface area contributed by atoms with Gasteiger partial charge in [0.25, 0.3) is 0 Å². The first-order chi connectivity index (χ1) is 14.2. The predicted molar refractivity (Wildman–Crippen MR) is 132 cm³/mol. The highest BCUT2D eigenvalue weighted by Crippen LogP contribution is 2.62. The van der Waals surface area contributed by atoms with Crippen LogP contribution in [0.15, 0.2) is 48.0 Å². The third-order valence-corrected chi connectivity index (χ3v) is 9.63. The summed E-state index contributed by atoms with van der Waals surface area (Å²) in [6, 6.07) is 10.4. The van der Waals surface area contributed by atoms with Crippen LogP contribution in [0.5, 0.6) is 0 Å². The van der Waals surface area contributed by atoms with Crippen LogP contribution in [0.4, 0.5) is 0 Å². The van der Waals surface area contributed by atoms with Crippen molar-refractivity contribution in [2.75, 3.05) is 6.66 Å². The zero-order chi connectivity index (χ0) is 21.9. The van der Waals surface area contributed by atoms with Gasteiger partial charge >= 0.3 is 0 Å². The molecular formula is C19H15Cl4NO3P2S. The molecule has 11 heteroatoms. The lowest BCUT2D eigenvalue weighted by molar-refractivity contribution is -0.119. The largest absolute Gasteiger partial charge is 0.332 e. The number of halogens is 4. The zero-order valence-electron chi connectivity index (χ0n) is 15.4. The molecule has 0 spiro atoms. The number of hydrogen-bond acceptors (Lipinski definition) is 4. The molecule has 30 heavy (non-hydrogen) atoms. The van der Waals surface area contributed by atoms with Crippen molar-refractivity contribution in [3.63, 3.8) is 0 Å². The van der Waals surface area contributed by atoms with E-state index in [1.165, 1.54) is 24.2 Å². The standard InChI is InChI=1S/C19H15Cl4NO3P2S/c1-29(26,27-28-23)18(16-10-30-17-3-2-12(20)9-15(16)17)19(25)24-5-4-11-6-13(21)8-14(22)7-11/h2-10,18,28H,1H3,(H,24,25)/b5-4+. The molecule has 3 aromatic rings. The molecule has 0 aliphatic rings. The van der Waals surface area contributed by atoms with E-state index in [2.05, 4.69) is 5.32 Å². The zero-order valence-corrected chi connectivity index (χ0v) is 21.1. The summed E-state index contributed by atoms with van der Waals surface area (Å²) >= 11 is 25.3. The molecule has 1 aromatic heterocycles. The van der Waals surface area contributed by atoms with Gasteiger partial charge in [0, 0.05) is 32.6 Å². The van der Waals surface area contributed by atoms with Crippen molar-refractivity contribution in [2.45, 2.75) is 5.66 Å². The lowest BCUT2D eigenvalue weighted by atomic mass is 10.1. The first kappa shape index (κ1) is 24.0. The SMILES string of the molecule is CP(=O)(OPCl)C(C(=O)N/C=C/c1cc(Cl)cc(Cl)c1)c1csc2ccc(Cl)cc12. The number of carbonyl (C=O) groups is 1. The van der Waals surface area contributed by atoms with E-state index in [1.807, 2.05) is 6.07 Å². The van der Waals surface area contributed by atoms with Crippen LogP contribution in [-0.4, -0.2) is 12.6 Å². The molecule has 3 rings (SSSR count). The maximum atomic E-state index is 13.3. The Morgan fingerprint density at radius 1 is 1.17 bits per heavy atom. The van der Waals surface area contributed by atoms with Gasteiger partial charge in [-0.25, -0.2) is 0 Å². The Morgan fingerprint density at radius 3 is 2.53 bits per heavy atom. The van der Waals surface area contributed by atoms with E-state index in [9.17, 15) is 9.36 Å². The van der Waals surface area contributed by atoms with Crippen LogP contribution in [0.1, 0.15) is 16.8 Å². The fourth-order valence-corrected chi connectivity index (χ4v) is 8.14. The molecule has 0 bridgehead atoms. The summed E-state index contributed by atoms with van der Waals surface area (Å²) in [6.45, 7) is 1.40. The van der Waals surface area contributed by atoms with Gasteiger partial charge < -0.3 is 5.32 Å². The first-order valence-electron chi connectivity index (χ1n) is 8.42. The Hall–Kier alpha value is -0.610. The molecule has 0 aliphatic heterocycles. The van der Waals surface area contributed by atoms with Crippen LogP contribution in [-0.2, 0) is 13.7 Å². The van der Waals surface area contributed by atoms with Gasteiger partial charge in [-0.2, -0.15) is 0 Å². The second kappa shape index (κ2) is 10.3. The molecule has 1 amide bonds. The Morgan fingerprint density at radius 2 is 1.87 bits per heavy atom. The van der Waals surface area contributed by atoms with Crippen LogP contribution in [0.2, 0.25) is 15.1 Å². The minimum Gasteiger partial charge on any atom is -0.332 e. The summed E-state index contributed by atoms with van der Waals surface area (Å²) in [5.74, 6) is -0.486. The normalized spacial score (nSPS) is 15.1. The molecule has 3 unspecified atom stereocenters. The van der Waals surface area contributed by atoms with Gasteiger partial charge in [0.05, 0.1) is 0 Å². The highest BCUT2D eigenvalue weighted by Gasteiger charge is 2.38. The van der Waals surface area contributed by atoms with Gasteiger partial charge in [-0.1, -0.05) is 46.0 Å². The molecule has 3 atom stereocenters. The van der Waals surface area contributed by atoms with Crippen molar-refractivity contribution in [2.24, 2.45) is 0 Å². The van der Waals surface area contributed by atoms with Crippen molar-refractivity contribution in [3.8, 4) is 0 Å². The van der Waals surface area contributed by atoms with Gasteiger partial charge in [0.15, 0.2) is 0 Å². The summed E-state index contributed by atoms with van der Waals surface area (Å²) in [4.78, 5) is 13.1. The summed E-state index contributed by atoms with van der Waals surface area (Å²) in [7, 11) is -3.98. The molecular weight excluding hydrogens is 526 g/mol. The van der Waals surface area contributed by atoms with Crippen molar-refractivity contribution >= 4 is 95.0 Å². The van der Waals surface area contributed by atoms with Gasteiger partial charge in [0.1, 0.15) is 13.8 Å². The van der Waals surface area contributed by atoms with Crippen molar-refractivity contribution in [1.82, 2.24) is 5.32 Å². The lowest BCUT2D eigenvalue weighted by Gasteiger charge is -2.22. The molecule has 2 aromatic carbocycles. The maximum Gasteiger partial charge on any atom is 0.241 e. The smallest absolute Gasteiger partial charge is 0.241 e. The fraction of sp³-hybridized carbons (Fsp3) is 0.105. The number of rotatable bonds is 7. The van der Waals surface area contributed by atoms with E-state index in [0.717, 1.165) is 10.1 Å². The highest BCUT2D eigenvalue weighted by atomic mass is 35.7. The quantitative estimate of drug-likeness (QED) is 0.306.